The van der Waals surface area contributed by atoms with Crippen LogP contribution in [0.5, 0.6) is 11.5 Å². The molecule has 6 nitrogen and oxygen atoms in total. The highest BCUT2D eigenvalue weighted by Crippen LogP contribution is 2.51. The van der Waals surface area contributed by atoms with E-state index in [9.17, 15) is 10.5 Å². The first-order chi connectivity index (χ1) is 20.2. The summed E-state index contributed by atoms with van der Waals surface area (Å²) in [4.78, 5) is 10.9. The molecule has 7 heteroatoms. The van der Waals surface area contributed by atoms with Crippen molar-refractivity contribution in [2.24, 2.45) is 0 Å². The van der Waals surface area contributed by atoms with E-state index in [1.54, 1.807) is 0 Å². The van der Waals surface area contributed by atoms with Crippen LogP contribution < -0.4 is 9.64 Å². The molecule has 2 heterocycles. The number of ether oxygens (including phenoxy) is 1. The highest BCUT2D eigenvalue weighted by atomic mass is 19.1. The number of nitriles is 2. The van der Waals surface area contributed by atoms with Gasteiger partial charge in [0.25, 0.3) is 0 Å². The monoisotopic (exact) mass is 529 g/mol. The molecule has 0 unspecified atom stereocenters. The summed E-state index contributed by atoms with van der Waals surface area (Å²) in [5.41, 5.74) is 5.90. The van der Waals surface area contributed by atoms with Crippen LogP contribution in [-0.4, -0.2) is 9.97 Å². The number of para-hydroxylation sites is 4. The van der Waals surface area contributed by atoms with Crippen molar-refractivity contribution in [3.8, 4) is 57.3 Å². The molecule has 1 aliphatic heterocycles. The Balaban J connectivity index is 1.28. The van der Waals surface area contributed by atoms with E-state index in [4.69, 9.17) is 4.74 Å². The molecule has 0 bridgehead atoms. The Labute approximate surface area is 233 Å². The first-order valence-corrected chi connectivity index (χ1v) is 12.9. The summed E-state index contributed by atoms with van der Waals surface area (Å²) in [6, 6.07) is 34.8. The van der Waals surface area contributed by atoms with Crippen molar-refractivity contribution in [3.05, 3.63) is 114 Å². The molecular formula is C34H16FN5O. The van der Waals surface area contributed by atoms with Gasteiger partial charge in [-0.1, -0.05) is 54.6 Å². The summed E-state index contributed by atoms with van der Waals surface area (Å²) in [6.07, 6.45) is 0. The number of benzene rings is 5. The lowest BCUT2D eigenvalue weighted by Crippen LogP contribution is -2.15. The zero-order chi connectivity index (χ0) is 27.7. The molecule has 41 heavy (non-hydrogen) atoms. The average molecular weight is 530 g/mol. The second-order valence-electron chi connectivity index (χ2n) is 9.77. The van der Waals surface area contributed by atoms with Gasteiger partial charge in [-0.2, -0.15) is 10.5 Å². The Morgan fingerprint density at radius 2 is 1.32 bits per heavy atom. The molecule has 190 valence electrons. The lowest BCUT2D eigenvalue weighted by atomic mass is 9.94. The van der Waals surface area contributed by atoms with Crippen LogP contribution in [-0.2, 0) is 0 Å². The number of halogens is 1. The molecule has 0 spiro atoms. The predicted octanol–water partition coefficient (Wildman–Crippen LogP) is 8.40. The Hall–Kier alpha value is -6.05. The minimum atomic E-state index is -0.457. The Kier molecular flexibility index (Phi) is 4.73. The van der Waals surface area contributed by atoms with Crippen LogP contribution >= 0.6 is 0 Å². The zero-order valence-corrected chi connectivity index (χ0v) is 21.3. The summed E-state index contributed by atoms with van der Waals surface area (Å²) >= 11 is 0. The van der Waals surface area contributed by atoms with Crippen LogP contribution in [0.3, 0.4) is 0 Å². The molecule has 1 aliphatic carbocycles. The molecule has 0 radical (unpaired) electrons. The Morgan fingerprint density at radius 1 is 0.683 bits per heavy atom. The van der Waals surface area contributed by atoms with E-state index >= 15 is 4.39 Å². The van der Waals surface area contributed by atoms with Gasteiger partial charge in [0.2, 0.25) is 0 Å². The van der Waals surface area contributed by atoms with E-state index in [0.717, 1.165) is 45.1 Å². The third-order valence-electron chi connectivity index (χ3n) is 7.58. The third-order valence-corrected chi connectivity index (χ3v) is 7.58. The molecule has 0 amide bonds. The Morgan fingerprint density at radius 3 is 1.98 bits per heavy atom. The third kappa shape index (κ3) is 3.21. The zero-order valence-electron chi connectivity index (χ0n) is 21.3. The standard InChI is InChI=1S/C34H16FN5O/c35-24-16-23(21-6-5-7-22-31(21)32(24)34-33(22)38-25(17-36)26(18-37)39-34)19-12-14-20(15-13-19)40-27-8-1-3-10-29(27)41-30-11-4-2-9-28(30)40/h1-16H. The van der Waals surface area contributed by atoms with Crippen LogP contribution in [0.15, 0.2) is 97.1 Å². The van der Waals surface area contributed by atoms with Crippen molar-refractivity contribution in [2.75, 3.05) is 4.90 Å². The van der Waals surface area contributed by atoms with Gasteiger partial charge >= 0.3 is 0 Å². The van der Waals surface area contributed by atoms with E-state index in [-0.39, 0.29) is 17.1 Å². The molecule has 0 N–H and O–H groups in total. The number of aromatic nitrogens is 2. The minimum absolute atomic E-state index is 0.0708. The summed E-state index contributed by atoms with van der Waals surface area (Å²) < 4.78 is 22.0. The topological polar surface area (TPSA) is 85.8 Å². The van der Waals surface area contributed by atoms with Crippen LogP contribution in [0.1, 0.15) is 11.4 Å². The van der Waals surface area contributed by atoms with Gasteiger partial charge in [-0.05, 0) is 59.0 Å². The van der Waals surface area contributed by atoms with Crippen molar-refractivity contribution in [3.63, 3.8) is 0 Å². The van der Waals surface area contributed by atoms with E-state index in [0.29, 0.717) is 22.2 Å². The maximum atomic E-state index is 15.9. The van der Waals surface area contributed by atoms with Gasteiger partial charge in [-0.15, -0.1) is 0 Å². The molecule has 0 fully saturated rings. The quantitative estimate of drug-likeness (QED) is 0.223. The number of rotatable bonds is 2. The highest BCUT2D eigenvalue weighted by Gasteiger charge is 2.31. The fraction of sp³-hybridized carbons (Fsp3) is 0. The van der Waals surface area contributed by atoms with Crippen molar-refractivity contribution in [2.45, 2.75) is 0 Å². The molecule has 6 aromatic rings. The van der Waals surface area contributed by atoms with E-state index in [1.807, 2.05) is 103 Å². The van der Waals surface area contributed by atoms with Gasteiger partial charge in [0, 0.05) is 22.2 Å². The number of fused-ring (bicyclic) bond motifs is 5. The lowest BCUT2D eigenvalue weighted by Gasteiger charge is -2.32. The second kappa shape index (κ2) is 8.47. The molecule has 2 aliphatic rings. The lowest BCUT2D eigenvalue weighted by molar-refractivity contribution is 0.477. The van der Waals surface area contributed by atoms with Crippen molar-refractivity contribution in [1.29, 1.82) is 10.5 Å². The van der Waals surface area contributed by atoms with Gasteiger partial charge in [-0.3, -0.25) is 0 Å². The van der Waals surface area contributed by atoms with Gasteiger partial charge in [-0.25, -0.2) is 14.4 Å². The van der Waals surface area contributed by atoms with Crippen LogP contribution in [0.4, 0.5) is 21.5 Å². The summed E-state index contributed by atoms with van der Waals surface area (Å²) in [5, 5.41) is 20.5. The van der Waals surface area contributed by atoms with E-state index in [2.05, 4.69) is 14.9 Å². The molecule has 0 saturated heterocycles. The van der Waals surface area contributed by atoms with E-state index in [1.165, 1.54) is 6.07 Å². The SMILES string of the molecule is N#Cc1nc2c(nc1C#N)-c1c(F)cc(-c3ccc(N4c5ccccc5Oc5ccccc54)cc3)c3cccc-2c13. The summed E-state index contributed by atoms with van der Waals surface area (Å²) in [7, 11) is 0. The van der Waals surface area contributed by atoms with Gasteiger partial charge in [0.15, 0.2) is 22.9 Å². The molecule has 1 aromatic heterocycles. The van der Waals surface area contributed by atoms with Crippen LogP contribution in [0.2, 0.25) is 0 Å². The maximum Gasteiger partial charge on any atom is 0.177 e. The minimum Gasteiger partial charge on any atom is -0.453 e. The molecular weight excluding hydrogens is 513 g/mol. The summed E-state index contributed by atoms with van der Waals surface area (Å²) in [5.74, 6) is 1.08. The fourth-order valence-electron chi connectivity index (χ4n) is 5.84. The number of nitrogens with zero attached hydrogens (tertiary/aromatic N) is 5. The Bertz CT molecular complexity index is 2130. The maximum absolute atomic E-state index is 15.9. The normalized spacial score (nSPS) is 12.1. The van der Waals surface area contributed by atoms with Crippen molar-refractivity contribution < 1.29 is 9.13 Å². The first-order valence-electron chi connectivity index (χ1n) is 12.9. The van der Waals surface area contributed by atoms with Crippen molar-refractivity contribution in [1.82, 2.24) is 9.97 Å². The number of hydrogen-bond acceptors (Lipinski definition) is 6. The second-order valence-corrected chi connectivity index (χ2v) is 9.77. The molecule has 0 atom stereocenters. The largest absolute Gasteiger partial charge is 0.453 e. The van der Waals surface area contributed by atoms with Gasteiger partial charge in [0.1, 0.15) is 23.6 Å². The number of hydrogen-bond donors (Lipinski definition) is 0. The first kappa shape index (κ1) is 22.9. The van der Waals surface area contributed by atoms with Crippen LogP contribution in [0.25, 0.3) is 44.4 Å². The average Bonchev–Trinajstić information content (AvgIpc) is 3.35. The van der Waals surface area contributed by atoms with Crippen LogP contribution in [0, 0.1) is 28.5 Å². The molecule has 0 saturated carbocycles. The fourth-order valence-corrected chi connectivity index (χ4v) is 5.84. The van der Waals surface area contributed by atoms with Gasteiger partial charge < -0.3 is 9.64 Å². The molecule has 5 aromatic carbocycles. The number of anilines is 3. The highest BCUT2D eigenvalue weighted by molar-refractivity contribution is 6.17. The smallest absolute Gasteiger partial charge is 0.177 e. The van der Waals surface area contributed by atoms with Gasteiger partial charge in [0.05, 0.1) is 17.1 Å². The van der Waals surface area contributed by atoms with E-state index < -0.39 is 5.82 Å². The summed E-state index contributed by atoms with van der Waals surface area (Å²) in [6.45, 7) is 0. The predicted molar refractivity (Wildman–Crippen MR) is 154 cm³/mol. The van der Waals surface area contributed by atoms with Crippen molar-refractivity contribution >= 4 is 27.8 Å². The molecule has 8 rings (SSSR count).